The fourth-order valence-corrected chi connectivity index (χ4v) is 5.03. The molecule has 184 valence electrons. The lowest BCUT2D eigenvalue weighted by Crippen LogP contribution is -2.45. The number of ether oxygens (including phenoxy) is 3. The first-order valence-electron chi connectivity index (χ1n) is 11.3. The zero-order valence-electron chi connectivity index (χ0n) is 19.6. The van der Waals surface area contributed by atoms with E-state index in [4.69, 9.17) is 14.2 Å². The standard InChI is InChI=1S/C26H28N2O6S/c1-3-32-21-12-14-23(15-13-21)35(30,31)28(20-10-8-19(2)9-11-20)17-26(29)27-16-22-18-33-24-6-4-5-7-25(24)34-22/h4-15,22H,3,16-18H2,1-2H3,(H,27,29)/t22-/m1/s1. The minimum absolute atomic E-state index is 0.0648. The molecular formula is C26H28N2O6S. The van der Waals surface area contributed by atoms with Crippen LogP contribution in [-0.2, 0) is 14.8 Å². The lowest BCUT2D eigenvalue weighted by molar-refractivity contribution is -0.120. The van der Waals surface area contributed by atoms with E-state index in [1.807, 2.05) is 32.0 Å². The van der Waals surface area contributed by atoms with E-state index < -0.39 is 15.9 Å². The van der Waals surface area contributed by atoms with E-state index in [9.17, 15) is 13.2 Å². The second kappa shape index (κ2) is 10.7. The van der Waals surface area contributed by atoms with Gasteiger partial charge in [-0.05, 0) is 62.4 Å². The smallest absolute Gasteiger partial charge is 0.264 e. The monoisotopic (exact) mass is 496 g/mol. The summed E-state index contributed by atoms with van der Waals surface area (Å²) < 4.78 is 45.1. The van der Waals surface area contributed by atoms with Crippen LogP contribution in [0.5, 0.6) is 17.2 Å². The molecule has 4 rings (SSSR count). The molecule has 8 nitrogen and oxygen atoms in total. The SMILES string of the molecule is CCOc1ccc(S(=O)(=O)N(CC(=O)NC[C@@H]2COc3ccccc3O2)c2ccc(C)cc2)cc1. The molecule has 0 fully saturated rings. The Kier molecular flexibility index (Phi) is 7.45. The van der Waals surface area contributed by atoms with Gasteiger partial charge in [-0.25, -0.2) is 8.42 Å². The van der Waals surface area contributed by atoms with Gasteiger partial charge in [-0.2, -0.15) is 0 Å². The number of benzene rings is 3. The summed E-state index contributed by atoms with van der Waals surface area (Å²) in [5.41, 5.74) is 1.37. The molecule has 0 unspecified atom stereocenters. The van der Waals surface area contributed by atoms with Crippen molar-refractivity contribution in [1.82, 2.24) is 5.32 Å². The molecule has 1 N–H and O–H groups in total. The average molecular weight is 497 g/mol. The van der Waals surface area contributed by atoms with E-state index in [1.54, 1.807) is 42.5 Å². The summed E-state index contributed by atoms with van der Waals surface area (Å²) >= 11 is 0. The highest BCUT2D eigenvalue weighted by Crippen LogP contribution is 2.30. The van der Waals surface area contributed by atoms with Gasteiger partial charge in [0.1, 0.15) is 25.0 Å². The normalized spacial score (nSPS) is 14.7. The molecular weight excluding hydrogens is 468 g/mol. The third kappa shape index (κ3) is 5.86. The first-order valence-corrected chi connectivity index (χ1v) is 12.8. The molecule has 1 amide bonds. The molecule has 0 aliphatic carbocycles. The molecule has 3 aromatic rings. The number of rotatable bonds is 9. The van der Waals surface area contributed by atoms with E-state index in [0.29, 0.717) is 29.5 Å². The van der Waals surface area contributed by atoms with Crippen LogP contribution < -0.4 is 23.8 Å². The van der Waals surface area contributed by atoms with E-state index in [1.165, 1.54) is 12.1 Å². The highest BCUT2D eigenvalue weighted by Gasteiger charge is 2.28. The van der Waals surface area contributed by atoms with Gasteiger partial charge >= 0.3 is 0 Å². The third-order valence-electron chi connectivity index (χ3n) is 5.43. The number of amides is 1. The predicted octanol–water partition coefficient (Wildman–Crippen LogP) is 3.55. The van der Waals surface area contributed by atoms with Crippen LogP contribution in [0.3, 0.4) is 0 Å². The van der Waals surface area contributed by atoms with Crippen LogP contribution >= 0.6 is 0 Å². The molecule has 0 spiro atoms. The van der Waals surface area contributed by atoms with Crippen molar-refractivity contribution in [3.63, 3.8) is 0 Å². The molecule has 1 atom stereocenters. The lowest BCUT2D eigenvalue weighted by atomic mass is 10.2. The Labute approximate surface area is 205 Å². The number of carbonyl (C=O) groups excluding carboxylic acids is 1. The van der Waals surface area contributed by atoms with Crippen molar-refractivity contribution < 1.29 is 27.4 Å². The summed E-state index contributed by atoms with van der Waals surface area (Å²) in [4.78, 5) is 12.9. The minimum Gasteiger partial charge on any atom is -0.494 e. The molecule has 3 aromatic carbocycles. The summed E-state index contributed by atoms with van der Waals surface area (Å²) in [6, 6.07) is 20.4. The fraction of sp³-hybridized carbons (Fsp3) is 0.269. The highest BCUT2D eigenvalue weighted by molar-refractivity contribution is 7.92. The second-order valence-corrected chi connectivity index (χ2v) is 9.92. The molecule has 1 aliphatic rings. The summed E-state index contributed by atoms with van der Waals surface area (Å²) in [7, 11) is -4.02. The summed E-state index contributed by atoms with van der Waals surface area (Å²) in [5.74, 6) is 1.38. The lowest BCUT2D eigenvalue weighted by Gasteiger charge is -2.27. The predicted molar refractivity (Wildman–Crippen MR) is 133 cm³/mol. The van der Waals surface area contributed by atoms with Crippen molar-refractivity contribution in [2.45, 2.75) is 24.8 Å². The summed E-state index contributed by atoms with van der Waals surface area (Å²) in [5, 5.41) is 2.77. The quantitative estimate of drug-likeness (QED) is 0.487. The van der Waals surface area contributed by atoms with Gasteiger partial charge < -0.3 is 19.5 Å². The van der Waals surface area contributed by atoms with Gasteiger partial charge in [0.15, 0.2) is 11.5 Å². The molecule has 9 heteroatoms. The van der Waals surface area contributed by atoms with Crippen LogP contribution in [0.1, 0.15) is 12.5 Å². The Morgan fingerprint density at radius 1 is 1.03 bits per heavy atom. The zero-order valence-corrected chi connectivity index (χ0v) is 20.5. The summed E-state index contributed by atoms with van der Waals surface area (Å²) in [6.07, 6.45) is -0.385. The number of aryl methyl sites for hydroxylation is 1. The molecule has 1 aliphatic heterocycles. The number of carbonyl (C=O) groups is 1. The number of nitrogens with zero attached hydrogens (tertiary/aromatic N) is 1. The van der Waals surface area contributed by atoms with Crippen molar-refractivity contribution in [3.8, 4) is 17.2 Å². The highest BCUT2D eigenvalue weighted by atomic mass is 32.2. The Bertz CT molecular complexity index is 1260. The minimum atomic E-state index is -4.02. The molecule has 0 bridgehead atoms. The summed E-state index contributed by atoms with van der Waals surface area (Å²) in [6.45, 7) is 4.31. The number of hydrogen-bond donors (Lipinski definition) is 1. The van der Waals surface area contributed by atoms with Crippen LogP contribution in [0.25, 0.3) is 0 Å². The van der Waals surface area contributed by atoms with Crippen molar-refractivity contribution in [2.24, 2.45) is 0 Å². The number of para-hydroxylation sites is 2. The van der Waals surface area contributed by atoms with Crippen LogP contribution in [0.15, 0.2) is 77.7 Å². The van der Waals surface area contributed by atoms with Gasteiger partial charge in [0.05, 0.1) is 23.7 Å². The van der Waals surface area contributed by atoms with E-state index >= 15 is 0 Å². The molecule has 1 heterocycles. The van der Waals surface area contributed by atoms with Gasteiger partial charge in [0.2, 0.25) is 5.91 Å². The topological polar surface area (TPSA) is 94.2 Å². The first-order chi connectivity index (χ1) is 16.9. The van der Waals surface area contributed by atoms with E-state index in [-0.39, 0.29) is 30.7 Å². The van der Waals surface area contributed by atoms with Crippen molar-refractivity contribution in [1.29, 1.82) is 0 Å². The number of anilines is 1. The molecule has 35 heavy (non-hydrogen) atoms. The van der Waals surface area contributed by atoms with Gasteiger partial charge in [-0.1, -0.05) is 29.8 Å². The van der Waals surface area contributed by atoms with Gasteiger partial charge in [-0.15, -0.1) is 0 Å². The number of sulfonamides is 1. The Balaban J connectivity index is 1.49. The number of fused-ring (bicyclic) bond motifs is 1. The molecule has 0 aromatic heterocycles. The Morgan fingerprint density at radius 3 is 2.40 bits per heavy atom. The van der Waals surface area contributed by atoms with Crippen molar-refractivity contribution in [2.75, 3.05) is 30.6 Å². The van der Waals surface area contributed by atoms with Crippen molar-refractivity contribution >= 4 is 21.6 Å². The molecule has 0 saturated heterocycles. The van der Waals surface area contributed by atoms with Crippen molar-refractivity contribution in [3.05, 3.63) is 78.4 Å². The van der Waals surface area contributed by atoms with Crippen LogP contribution in [0, 0.1) is 6.92 Å². The maximum Gasteiger partial charge on any atom is 0.264 e. The molecule has 0 saturated carbocycles. The largest absolute Gasteiger partial charge is 0.494 e. The Morgan fingerprint density at radius 2 is 1.71 bits per heavy atom. The van der Waals surface area contributed by atoms with Gasteiger partial charge in [-0.3, -0.25) is 9.10 Å². The van der Waals surface area contributed by atoms with E-state index in [0.717, 1.165) is 9.87 Å². The average Bonchev–Trinajstić information content (AvgIpc) is 2.87. The first kappa shape index (κ1) is 24.4. The van der Waals surface area contributed by atoms with Gasteiger partial charge in [0.25, 0.3) is 10.0 Å². The number of hydrogen-bond acceptors (Lipinski definition) is 6. The van der Waals surface area contributed by atoms with Gasteiger partial charge in [0, 0.05) is 0 Å². The van der Waals surface area contributed by atoms with Crippen LogP contribution in [0.4, 0.5) is 5.69 Å². The third-order valence-corrected chi connectivity index (χ3v) is 7.21. The maximum atomic E-state index is 13.5. The number of nitrogens with one attached hydrogen (secondary N) is 1. The van der Waals surface area contributed by atoms with Crippen LogP contribution in [-0.4, -0.2) is 46.7 Å². The fourth-order valence-electron chi connectivity index (χ4n) is 3.61. The van der Waals surface area contributed by atoms with Crippen LogP contribution in [0.2, 0.25) is 0 Å². The Hall–Kier alpha value is -3.72. The second-order valence-electron chi connectivity index (χ2n) is 8.05. The zero-order chi connectivity index (χ0) is 24.8. The van der Waals surface area contributed by atoms with E-state index in [2.05, 4.69) is 5.32 Å². The molecule has 0 radical (unpaired) electrons. The maximum absolute atomic E-state index is 13.5.